The summed E-state index contributed by atoms with van der Waals surface area (Å²) in [6, 6.07) is 9.86. The number of rotatable bonds is 3. The molecule has 7 nitrogen and oxygen atoms in total. The van der Waals surface area contributed by atoms with Crippen LogP contribution in [-0.4, -0.2) is 40.9 Å². The molecule has 2 aromatic rings. The fourth-order valence-electron chi connectivity index (χ4n) is 2.66. The number of ether oxygens (including phenoxy) is 2. The monoisotopic (exact) mass is 416 g/mol. The first-order valence-electron chi connectivity index (χ1n) is 8.11. The third-order valence-corrected chi connectivity index (χ3v) is 5.49. The maximum Gasteiger partial charge on any atom is 0.337 e. The van der Waals surface area contributed by atoms with Gasteiger partial charge in [-0.1, -0.05) is 17.7 Å². The Morgan fingerprint density at radius 2 is 2.04 bits per heavy atom. The highest BCUT2D eigenvalue weighted by Gasteiger charge is 2.30. The average molecular weight is 417 g/mol. The molecule has 2 aromatic carbocycles. The van der Waals surface area contributed by atoms with Crippen LogP contribution < -0.4 is 9.47 Å². The molecule has 0 atom stereocenters. The fraction of sp³-hybridized carbons (Fsp3) is 0.105. The van der Waals surface area contributed by atoms with Crippen LogP contribution in [0, 0.1) is 0 Å². The van der Waals surface area contributed by atoms with Crippen LogP contribution in [0.15, 0.2) is 46.3 Å². The van der Waals surface area contributed by atoms with Gasteiger partial charge in [-0.25, -0.2) is 9.79 Å². The molecule has 0 spiro atoms. The fourth-order valence-corrected chi connectivity index (χ4v) is 3.85. The second kappa shape index (κ2) is 7.21. The Labute approximate surface area is 169 Å². The lowest BCUT2D eigenvalue weighted by Gasteiger charge is -2.07. The average Bonchev–Trinajstić information content (AvgIpc) is 3.23. The quantitative estimate of drug-likeness (QED) is 0.761. The number of fused-ring (bicyclic) bond motifs is 1. The van der Waals surface area contributed by atoms with Gasteiger partial charge in [-0.05, 0) is 53.7 Å². The lowest BCUT2D eigenvalue weighted by atomic mass is 10.2. The Bertz CT molecular complexity index is 1070. The van der Waals surface area contributed by atoms with Crippen LogP contribution in [0.2, 0.25) is 5.02 Å². The molecule has 1 N–H and O–H groups in total. The highest BCUT2D eigenvalue weighted by molar-refractivity contribution is 8.18. The zero-order chi connectivity index (χ0) is 19.8. The van der Waals surface area contributed by atoms with Gasteiger partial charge in [0, 0.05) is 7.05 Å². The minimum Gasteiger partial charge on any atom is -0.478 e. The summed E-state index contributed by atoms with van der Waals surface area (Å²) in [6.07, 6.45) is 1.75. The van der Waals surface area contributed by atoms with E-state index in [9.17, 15) is 14.7 Å². The SMILES string of the molecule is CN1C(=O)C(=Cc2ccc3c(c2)OCO3)SC1=Nc1ccc(Cl)c(C(=O)O)c1. The molecule has 1 amide bonds. The molecule has 0 aromatic heterocycles. The molecular formula is C19H13ClN2O5S. The number of aliphatic imine (C=N–C) groups is 1. The van der Waals surface area contributed by atoms with Gasteiger partial charge in [-0.15, -0.1) is 0 Å². The first kappa shape index (κ1) is 18.4. The summed E-state index contributed by atoms with van der Waals surface area (Å²) >= 11 is 7.09. The van der Waals surface area contributed by atoms with Gasteiger partial charge in [0.15, 0.2) is 16.7 Å². The van der Waals surface area contributed by atoms with E-state index in [1.807, 2.05) is 6.07 Å². The maximum absolute atomic E-state index is 12.6. The summed E-state index contributed by atoms with van der Waals surface area (Å²) < 4.78 is 10.6. The van der Waals surface area contributed by atoms with Crippen LogP contribution in [0.4, 0.5) is 5.69 Å². The number of carbonyl (C=O) groups excluding carboxylic acids is 1. The summed E-state index contributed by atoms with van der Waals surface area (Å²) in [5.41, 5.74) is 1.15. The van der Waals surface area contributed by atoms with Gasteiger partial charge in [0.2, 0.25) is 6.79 Å². The van der Waals surface area contributed by atoms with Crippen LogP contribution in [0.5, 0.6) is 11.5 Å². The van der Waals surface area contributed by atoms with Crippen LogP contribution >= 0.6 is 23.4 Å². The minimum atomic E-state index is -1.14. The van der Waals surface area contributed by atoms with Crippen molar-refractivity contribution in [2.24, 2.45) is 4.99 Å². The van der Waals surface area contributed by atoms with Crippen molar-refractivity contribution >= 4 is 52.2 Å². The van der Waals surface area contributed by atoms with Crippen molar-refractivity contribution in [3.05, 3.63) is 57.5 Å². The van der Waals surface area contributed by atoms with E-state index < -0.39 is 5.97 Å². The summed E-state index contributed by atoms with van der Waals surface area (Å²) in [5, 5.41) is 9.76. The number of halogens is 1. The van der Waals surface area contributed by atoms with E-state index in [1.54, 1.807) is 31.3 Å². The second-order valence-electron chi connectivity index (χ2n) is 5.95. The van der Waals surface area contributed by atoms with Crippen molar-refractivity contribution < 1.29 is 24.2 Å². The molecule has 28 heavy (non-hydrogen) atoms. The predicted molar refractivity (Wildman–Crippen MR) is 106 cm³/mol. The molecule has 0 saturated carbocycles. The third kappa shape index (κ3) is 3.44. The predicted octanol–water partition coefficient (Wildman–Crippen LogP) is 4.00. The van der Waals surface area contributed by atoms with E-state index in [0.717, 1.165) is 5.56 Å². The van der Waals surface area contributed by atoms with Gasteiger partial charge in [-0.2, -0.15) is 0 Å². The molecule has 0 radical (unpaired) electrons. The van der Waals surface area contributed by atoms with Gasteiger partial charge < -0.3 is 14.6 Å². The Balaban J connectivity index is 1.63. The molecule has 1 saturated heterocycles. The summed E-state index contributed by atoms with van der Waals surface area (Å²) in [6.45, 7) is 0.183. The van der Waals surface area contributed by atoms with Crippen molar-refractivity contribution in [2.45, 2.75) is 0 Å². The number of amides is 1. The molecular weight excluding hydrogens is 404 g/mol. The number of amidine groups is 1. The highest BCUT2D eigenvalue weighted by Crippen LogP contribution is 2.36. The first-order chi connectivity index (χ1) is 13.4. The lowest BCUT2D eigenvalue weighted by molar-refractivity contribution is -0.121. The lowest BCUT2D eigenvalue weighted by Crippen LogP contribution is -2.23. The largest absolute Gasteiger partial charge is 0.478 e. The molecule has 0 unspecified atom stereocenters. The zero-order valence-corrected chi connectivity index (χ0v) is 16.1. The molecule has 4 rings (SSSR count). The molecule has 0 bridgehead atoms. The number of nitrogens with zero attached hydrogens (tertiary/aromatic N) is 2. The number of carbonyl (C=O) groups is 2. The Morgan fingerprint density at radius 3 is 2.82 bits per heavy atom. The summed E-state index contributed by atoms with van der Waals surface area (Å²) in [5.74, 6) is -0.0360. The number of likely N-dealkylation sites (N-methyl/N-ethyl adjacent to an activating group) is 1. The zero-order valence-electron chi connectivity index (χ0n) is 14.5. The number of hydrogen-bond donors (Lipinski definition) is 1. The minimum absolute atomic E-state index is 0.0448. The summed E-state index contributed by atoms with van der Waals surface area (Å²) in [7, 11) is 1.61. The normalized spacial score (nSPS) is 18.4. The molecule has 9 heteroatoms. The summed E-state index contributed by atoms with van der Waals surface area (Å²) in [4.78, 5) is 30.1. The molecule has 142 valence electrons. The van der Waals surface area contributed by atoms with Gasteiger partial charge >= 0.3 is 5.97 Å². The standard InChI is InChI=1S/C19H13ClN2O5S/c1-22-17(23)16(7-10-2-5-14-15(6-10)27-9-26-14)28-19(22)21-11-3-4-13(20)12(8-11)18(24)25/h2-8H,9H2,1H3,(H,24,25). The van der Waals surface area contributed by atoms with E-state index in [1.165, 1.54) is 28.8 Å². The number of hydrogen-bond acceptors (Lipinski definition) is 6. The van der Waals surface area contributed by atoms with E-state index in [2.05, 4.69) is 4.99 Å². The van der Waals surface area contributed by atoms with Gasteiger partial charge in [0.05, 0.1) is 21.2 Å². The number of thioether (sulfide) groups is 1. The highest BCUT2D eigenvalue weighted by atomic mass is 35.5. The van der Waals surface area contributed by atoms with Gasteiger partial charge in [-0.3, -0.25) is 9.69 Å². The molecule has 2 heterocycles. The van der Waals surface area contributed by atoms with Crippen molar-refractivity contribution in [3.8, 4) is 11.5 Å². The number of aromatic carboxylic acids is 1. The van der Waals surface area contributed by atoms with Crippen LogP contribution in [0.1, 0.15) is 15.9 Å². The molecule has 2 aliphatic heterocycles. The topological polar surface area (TPSA) is 88.4 Å². The van der Waals surface area contributed by atoms with Crippen molar-refractivity contribution in [3.63, 3.8) is 0 Å². The van der Waals surface area contributed by atoms with E-state index in [0.29, 0.717) is 27.3 Å². The maximum atomic E-state index is 12.6. The first-order valence-corrected chi connectivity index (χ1v) is 9.30. The van der Waals surface area contributed by atoms with Gasteiger partial charge in [0.25, 0.3) is 5.91 Å². The van der Waals surface area contributed by atoms with E-state index in [-0.39, 0.29) is 23.3 Å². The van der Waals surface area contributed by atoms with E-state index >= 15 is 0 Å². The van der Waals surface area contributed by atoms with E-state index in [4.69, 9.17) is 21.1 Å². The Kier molecular flexibility index (Phi) is 4.74. The molecule has 2 aliphatic rings. The third-order valence-electron chi connectivity index (χ3n) is 4.10. The number of carboxylic acid groups (broad SMARTS) is 1. The Hall–Kier alpha value is -2.97. The smallest absolute Gasteiger partial charge is 0.337 e. The number of carboxylic acids is 1. The van der Waals surface area contributed by atoms with Gasteiger partial charge in [0.1, 0.15) is 0 Å². The van der Waals surface area contributed by atoms with Crippen LogP contribution in [0.25, 0.3) is 6.08 Å². The van der Waals surface area contributed by atoms with Crippen molar-refractivity contribution in [1.29, 1.82) is 0 Å². The van der Waals surface area contributed by atoms with Crippen molar-refractivity contribution in [1.82, 2.24) is 4.90 Å². The Morgan fingerprint density at radius 1 is 1.25 bits per heavy atom. The number of benzene rings is 2. The van der Waals surface area contributed by atoms with Crippen molar-refractivity contribution in [2.75, 3.05) is 13.8 Å². The molecule has 0 aliphatic carbocycles. The van der Waals surface area contributed by atoms with Crippen LogP contribution in [-0.2, 0) is 4.79 Å². The molecule has 1 fully saturated rings. The second-order valence-corrected chi connectivity index (χ2v) is 7.37. The van der Waals surface area contributed by atoms with Crippen LogP contribution in [0.3, 0.4) is 0 Å².